The van der Waals surface area contributed by atoms with E-state index in [2.05, 4.69) is 10.1 Å². The molecular formula is C13H17FN2O2. The molecule has 0 saturated carbocycles. The van der Waals surface area contributed by atoms with Crippen molar-refractivity contribution in [3.63, 3.8) is 0 Å². The second kappa shape index (κ2) is 5.82. The van der Waals surface area contributed by atoms with Gasteiger partial charge in [-0.3, -0.25) is 4.90 Å². The van der Waals surface area contributed by atoms with Crippen LogP contribution >= 0.6 is 0 Å². The largest absolute Gasteiger partial charge is 0.494 e. The van der Waals surface area contributed by atoms with Crippen molar-refractivity contribution in [3.8, 4) is 5.75 Å². The highest BCUT2D eigenvalue weighted by molar-refractivity contribution is 5.84. The zero-order valence-corrected chi connectivity index (χ0v) is 10.4. The summed E-state index contributed by atoms with van der Waals surface area (Å²) >= 11 is 0. The first kappa shape index (κ1) is 12.8. The smallest absolute Gasteiger partial charge is 0.165 e. The molecule has 1 aliphatic heterocycles. The predicted molar refractivity (Wildman–Crippen MR) is 66.7 cm³/mol. The Kier molecular flexibility index (Phi) is 4.15. The van der Waals surface area contributed by atoms with Gasteiger partial charge >= 0.3 is 0 Å². The molecule has 1 fully saturated rings. The van der Waals surface area contributed by atoms with Gasteiger partial charge in [0.1, 0.15) is 0 Å². The second-order valence-electron chi connectivity index (χ2n) is 4.41. The SMILES string of the molecule is COc1ccc(CN2CCC(=NO)CC2)cc1F. The van der Waals surface area contributed by atoms with Crippen molar-refractivity contribution in [1.29, 1.82) is 0 Å². The van der Waals surface area contributed by atoms with Crippen LogP contribution in [0.15, 0.2) is 23.4 Å². The average Bonchev–Trinajstić information content (AvgIpc) is 2.40. The number of nitrogens with zero attached hydrogens (tertiary/aromatic N) is 2. The Bertz CT molecular complexity index is 439. The fraction of sp³-hybridized carbons (Fsp3) is 0.462. The fourth-order valence-electron chi connectivity index (χ4n) is 2.14. The first-order chi connectivity index (χ1) is 8.72. The minimum absolute atomic E-state index is 0.270. The molecule has 0 radical (unpaired) electrons. The maximum atomic E-state index is 13.5. The molecule has 0 aromatic heterocycles. The molecule has 0 atom stereocenters. The van der Waals surface area contributed by atoms with E-state index in [9.17, 15) is 4.39 Å². The summed E-state index contributed by atoms with van der Waals surface area (Å²) in [7, 11) is 1.46. The molecule has 4 nitrogen and oxygen atoms in total. The summed E-state index contributed by atoms with van der Waals surface area (Å²) in [5.74, 6) is -0.0586. The molecule has 0 spiro atoms. The van der Waals surface area contributed by atoms with Crippen molar-refractivity contribution in [2.45, 2.75) is 19.4 Å². The third kappa shape index (κ3) is 2.98. The number of hydrogen-bond donors (Lipinski definition) is 1. The van der Waals surface area contributed by atoms with Crippen LogP contribution in [0, 0.1) is 5.82 Å². The average molecular weight is 252 g/mol. The van der Waals surface area contributed by atoms with Crippen molar-refractivity contribution < 1.29 is 14.3 Å². The molecule has 1 saturated heterocycles. The van der Waals surface area contributed by atoms with E-state index in [1.54, 1.807) is 6.07 Å². The summed E-state index contributed by atoms with van der Waals surface area (Å²) in [6.07, 6.45) is 1.55. The van der Waals surface area contributed by atoms with Crippen LogP contribution in [0.3, 0.4) is 0 Å². The molecule has 0 aliphatic carbocycles. The molecule has 1 aromatic carbocycles. The van der Waals surface area contributed by atoms with Crippen molar-refractivity contribution in [1.82, 2.24) is 4.90 Å². The van der Waals surface area contributed by atoms with Gasteiger partial charge in [-0.2, -0.15) is 0 Å². The van der Waals surface area contributed by atoms with Crippen molar-refractivity contribution >= 4 is 5.71 Å². The number of likely N-dealkylation sites (tertiary alicyclic amines) is 1. The third-order valence-corrected chi connectivity index (χ3v) is 3.20. The molecule has 1 N–H and O–H groups in total. The molecule has 0 bridgehead atoms. The summed E-state index contributed by atoms with van der Waals surface area (Å²) in [5, 5.41) is 11.9. The van der Waals surface area contributed by atoms with Gasteiger partial charge in [0, 0.05) is 32.5 Å². The molecule has 1 aromatic rings. The van der Waals surface area contributed by atoms with Crippen LogP contribution in [-0.4, -0.2) is 36.0 Å². The maximum absolute atomic E-state index is 13.5. The highest BCUT2D eigenvalue weighted by Gasteiger charge is 2.16. The first-order valence-electron chi connectivity index (χ1n) is 5.97. The van der Waals surface area contributed by atoms with Crippen molar-refractivity contribution in [3.05, 3.63) is 29.6 Å². The van der Waals surface area contributed by atoms with Crippen LogP contribution in [0.2, 0.25) is 0 Å². The maximum Gasteiger partial charge on any atom is 0.165 e. The lowest BCUT2D eigenvalue weighted by Gasteiger charge is -2.27. The number of rotatable bonds is 3. The van der Waals surface area contributed by atoms with E-state index in [0.29, 0.717) is 6.54 Å². The Labute approximate surface area is 106 Å². The van der Waals surface area contributed by atoms with Crippen LogP contribution in [-0.2, 0) is 6.54 Å². The Morgan fingerprint density at radius 1 is 1.39 bits per heavy atom. The van der Waals surface area contributed by atoms with Crippen LogP contribution in [0.1, 0.15) is 18.4 Å². The number of hydrogen-bond acceptors (Lipinski definition) is 4. The topological polar surface area (TPSA) is 45.1 Å². The summed E-state index contributed by atoms with van der Waals surface area (Å²) in [6.45, 7) is 2.39. The normalized spacial score (nSPS) is 16.7. The van der Waals surface area contributed by atoms with Crippen LogP contribution in [0.4, 0.5) is 4.39 Å². The van der Waals surface area contributed by atoms with Crippen LogP contribution < -0.4 is 4.74 Å². The van der Waals surface area contributed by atoms with Gasteiger partial charge in [0.05, 0.1) is 12.8 Å². The molecule has 0 unspecified atom stereocenters. The lowest BCUT2D eigenvalue weighted by Crippen LogP contribution is -2.33. The summed E-state index contributed by atoms with van der Waals surface area (Å²) in [5.41, 5.74) is 1.77. The van der Waals surface area contributed by atoms with Crippen molar-refractivity contribution in [2.75, 3.05) is 20.2 Å². The Morgan fingerprint density at radius 2 is 2.11 bits per heavy atom. The van der Waals surface area contributed by atoms with Crippen LogP contribution in [0.5, 0.6) is 5.75 Å². The molecular weight excluding hydrogens is 235 g/mol. The Morgan fingerprint density at radius 3 is 2.67 bits per heavy atom. The van der Waals surface area contributed by atoms with Gasteiger partial charge in [-0.15, -0.1) is 0 Å². The minimum Gasteiger partial charge on any atom is -0.494 e. The highest BCUT2D eigenvalue weighted by atomic mass is 19.1. The molecule has 2 rings (SSSR count). The number of oxime groups is 1. The van der Waals surface area contributed by atoms with E-state index < -0.39 is 0 Å². The first-order valence-corrected chi connectivity index (χ1v) is 5.97. The van der Waals surface area contributed by atoms with Gasteiger partial charge in [-0.1, -0.05) is 11.2 Å². The fourth-order valence-corrected chi connectivity index (χ4v) is 2.14. The van der Waals surface area contributed by atoms with Gasteiger partial charge in [0.15, 0.2) is 11.6 Å². The number of halogens is 1. The standard InChI is InChI=1S/C13H17FN2O2/c1-18-13-3-2-10(8-12(13)14)9-16-6-4-11(15-17)5-7-16/h2-3,8,17H,4-7,9H2,1H3. The minimum atomic E-state index is -0.329. The van der Waals surface area contributed by atoms with E-state index >= 15 is 0 Å². The lowest BCUT2D eigenvalue weighted by molar-refractivity contribution is 0.255. The van der Waals surface area contributed by atoms with E-state index in [1.807, 2.05) is 6.07 Å². The highest BCUT2D eigenvalue weighted by Crippen LogP contribution is 2.19. The molecule has 0 amide bonds. The van der Waals surface area contributed by atoms with Gasteiger partial charge in [0.2, 0.25) is 0 Å². The third-order valence-electron chi connectivity index (χ3n) is 3.20. The molecule has 1 heterocycles. The van der Waals surface area contributed by atoms with Gasteiger partial charge in [-0.05, 0) is 17.7 Å². The summed E-state index contributed by atoms with van der Waals surface area (Å²) in [4.78, 5) is 2.22. The molecule has 5 heteroatoms. The van der Waals surface area contributed by atoms with Gasteiger partial charge in [-0.25, -0.2) is 4.39 Å². The summed E-state index contributed by atoms with van der Waals surface area (Å²) < 4.78 is 18.4. The zero-order chi connectivity index (χ0) is 13.0. The number of piperidine rings is 1. The quantitative estimate of drug-likeness (QED) is 0.663. The zero-order valence-electron chi connectivity index (χ0n) is 10.4. The number of ether oxygens (including phenoxy) is 1. The number of methoxy groups -OCH3 is 1. The van der Waals surface area contributed by atoms with Gasteiger partial charge in [0.25, 0.3) is 0 Å². The second-order valence-corrected chi connectivity index (χ2v) is 4.41. The predicted octanol–water partition coefficient (Wildman–Crippen LogP) is 2.26. The lowest BCUT2D eigenvalue weighted by atomic mass is 10.1. The van der Waals surface area contributed by atoms with Gasteiger partial charge < -0.3 is 9.94 Å². The Balaban J connectivity index is 1.96. The Hall–Kier alpha value is -1.62. The van der Waals surface area contributed by atoms with E-state index in [0.717, 1.165) is 37.2 Å². The molecule has 18 heavy (non-hydrogen) atoms. The monoisotopic (exact) mass is 252 g/mol. The summed E-state index contributed by atoms with van der Waals surface area (Å²) in [6, 6.07) is 5.03. The van der Waals surface area contributed by atoms with Crippen molar-refractivity contribution in [2.24, 2.45) is 5.16 Å². The van der Waals surface area contributed by atoms with E-state index in [4.69, 9.17) is 9.94 Å². The van der Waals surface area contributed by atoms with Crippen LogP contribution in [0.25, 0.3) is 0 Å². The number of benzene rings is 1. The van der Waals surface area contributed by atoms with E-state index in [-0.39, 0.29) is 11.6 Å². The van der Waals surface area contributed by atoms with E-state index in [1.165, 1.54) is 13.2 Å². The molecule has 98 valence electrons. The molecule has 1 aliphatic rings.